The number of benzene rings is 3. The molecule has 7 heteroatoms. The van der Waals surface area contributed by atoms with Crippen LogP contribution < -0.4 is 15.2 Å². The lowest BCUT2D eigenvalue weighted by atomic mass is 10.2. The first-order valence-electron chi connectivity index (χ1n) is 9.09. The minimum absolute atomic E-state index is 0.247. The molecule has 0 aliphatic carbocycles. The molecule has 1 unspecified atom stereocenters. The van der Waals surface area contributed by atoms with E-state index in [0.717, 1.165) is 11.4 Å². The van der Waals surface area contributed by atoms with Gasteiger partial charge in [0, 0.05) is 0 Å². The minimum atomic E-state index is -0.863. The molecule has 0 spiro atoms. The van der Waals surface area contributed by atoms with Crippen LogP contribution >= 0.6 is 0 Å². The Morgan fingerprint density at radius 1 is 0.862 bits per heavy atom. The number of ether oxygens (including phenoxy) is 1. The van der Waals surface area contributed by atoms with Gasteiger partial charge in [0.15, 0.2) is 5.84 Å². The van der Waals surface area contributed by atoms with E-state index in [2.05, 4.69) is 20.6 Å². The van der Waals surface area contributed by atoms with Crippen LogP contribution in [0.3, 0.4) is 0 Å². The summed E-state index contributed by atoms with van der Waals surface area (Å²) in [5.74, 6) is 0.898. The molecule has 1 saturated heterocycles. The Morgan fingerprint density at radius 3 is 2.17 bits per heavy atom. The van der Waals surface area contributed by atoms with Crippen molar-refractivity contribution in [2.45, 2.75) is 6.04 Å². The third-order valence-electron chi connectivity index (χ3n) is 4.32. The van der Waals surface area contributed by atoms with Crippen LogP contribution in [0.25, 0.3) is 0 Å². The van der Waals surface area contributed by atoms with Gasteiger partial charge in [-0.1, -0.05) is 36.4 Å². The highest BCUT2D eigenvalue weighted by Gasteiger charge is 2.38. The molecule has 1 amide bonds. The van der Waals surface area contributed by atoms with E-state index in [0.29, 0.717) is 17.2 Å². The molecule has 144 valence electrons. The Kier molecular flexibility index (Phi) is 5.29. The molecule has 3 aromatic rings. The van der Waals surface area contributed by atoms with Crippen LogP contribution in [0.2, 0.25) is 0 Å². The smallest absolute Gasteiger partial charge is 0.280 e. The maximum absolute atomic E-state index is 13.0. The maximum atomic E-state index is 13.0. The number of azo groups is 1. The van der Waals surface area contributed by atoms with Crippen molar-refractivity contribution in [2.24, 2.45) is 15.2 Å². The summed E-state index contributed by atoms with van der Waals surface area (Å²) >= 11 is 0. The fourth-order valence-corrected chi connectivity index (χ4v) is 2.84. The van der Waals surface area contributed by atoms with Gasteiger partial charge < -0.3 is 4.74 Å². The summed E-state index contributed by atoms with van der Waals surface area (Å²) in [7, 11) is 1.60. The summed E-state index contributed by atoms with van der Waals surface area (Å²) in [5, 5.41) is 9.96. The van der Waals surface area contributed by atoms with Crippen molar-refractivity contribution in [3.05, 3.63) is 84.9 Å². The number of hydrogen-bond acceptors (Lipinski definition) is 5. The number of anilines is 1. The molecule has 0 saturated carbocycles. The van der Waals surface area contributed by atoms with Crippen molar-refractivity contribution in [2.75, 3.05) is 12.1 Å². The topological polar surface area (TPSA) is 78.7 Å². The van der Waals surface area contributed by atoms with Crippen molar-refractivity contribution in [3.63, 3.8) is 0 Å². The van der Waals surface area contributed by atoms with E-state index in [-0.39, 0.29) is 5.91 Å². The van der Waals surface area contributed by atoms with Gasteiger partial charge >= 0.3 is 0 Å². The molecule has 0 bridgehead atoms. The summed E-state index contributed by atoms with van der Waals surface area (Å²) < 4.78 is 5.15. The van der Waals surface area contributed by atoms with E-state index in [9.17, 15) is 4.79 Å². The number of hydrogen-bond donors (Lipinski definition) is 1. The van der Waals surface area contributed by atoms with Gasteiger partial charge in [0.25, 0.3) is 5.91 Å². The molecule has 1 aliphatic heterocycles. The number of nitrogens with one attached hydrogen (secondary N) is 1. The number of methoxy groups -OCH3 is 1. The number of rotatable bonds is 5. The number of nitrogens with zero attached hydrogens (tertiary/aromatic N) is 4. The van der Waals surface area contributed by atoms with E-state index >= 15 is 0 Å². The van der Waals surface area contributed by atoms with Gasteiger partial charge in [-0.2, -0.15) is 10.2 Å². The predicted octanol–water partition coefficient (Wildman–Crippen LogP) is 4.43. The van der Waals surface area contributed by atoms with E-state index in [1.807, 2.05) is 60.7 Å². The van der Waals surface area contributed by atoms with Crippen LogP contribution in [0.5, 0.6) is 5.75 Å². The quantitative estimate of drug-likeness (QED) is 0.660. The number of hydrazine groups is 1. The summed E-state index contributed by atoms with van der Waals surface area (Å²) in [6.07, 6.45) is 0. The molecule has 1 aliphatic rings. The number of amides is 1. The largest absolute Gasteiger partial charge is 0.497 e. The highest BCUT2D eigenvalue weighted by Crippen LogP contribution is 2.23. The Balaban J connectivity index is 1.66. The molecule has 1 fully saturated rings. The van der Waals surface area contributed by atoms with Crippen molar-refractivity contribution in [1.29, 1.82) is 0 Å². The van der Waals surface area contributed by atoms with E-state index in [1.54, 1.807) is 31.4 Å². The van der Waals surface area contributed by atoms with Crippen LogP contribution in [-0.4, -0.2) is 24.9 Å². The lowest BCUT2D eigenvalue weighted by molar-refractivity contribution is -0.117. The molecular formula is C22H19N5O2. The molecular weight excluding hydrogens is 366 g/mol. The lowest BCUT2D eigenvalue weighted by Crippen LogP contribution is -2.35. The summed E-state index contributed by atoms with van der Waals surface area (Å²) in [4.78, 5) is 17.6. The third kappa shape index (κ3) is 4.14. The molecule has 4 rings (SSSR count). The van der Waals surface area contributed by atoms with Crippen molar-refractivity contribution >= 4 is 28.8 Å². The van der Waals surface area contributed by atoms with Gasteiger partial charge in [-0.3, -0.25) is 10.2 Å². The Morgan fingerprint density at radius 2 is 1.52 bits per heavy atom. The number of aliphatic imine (C=N–C) groups is 1. The van der Waals surface area contributed by atoms with Gasteiger partial charge in [-0.05, 0) is 48.5 Å². The van der Waals surface area contributed by atoms with Crippen LogP contribution in [0.15, 0.2) is 100 Å². The van der Waals surface area contributed by atoms with E-state index in [4.69, 9.17) is 4.74 Å². The maximum Gasteiger partial charge on any atom is 0.280 e. The van der Waals surface area contributed by atoms with E-state index in [1.165, 1.54) is 5.01 Å². The van der Waals surface area contributed by atoms with Gasteiger partial charge in [0.1, 0.15) is 5.75 Å². The highest BCUT2D eigenvalue weighted by molar-refractivity contribution is 6.20. The van der Waals surface area contributed by atoms with Crippen molar-refractivity contribution in [1.82, 2.24) is 5.43 Å². The summed E-state index contributed by atoms with van der Waals surface area (Å²) in [6, 6.07) is 25.0. The SMILES string of the molecule is COc1ccc(N=NC2C(=O)N(c3ccccc3)NC2=Nc2ccccc2)cc1. The minimum Gasteiger partial charge on any atom is -0.497 e. The molecule has 7 nitrogen and oxygen atoms in total. The molecule has 3 aromatic carbocycles. The van der Waals surface area contributed by atoms with Gasteiger partial charge in [-0.15, -0.1) is 0 Å². The fourth-order valence-electron chi connectivity index (χ4n) is 2.84. The predicted molar refractivity (Wildman–Crippen MR) is 112 cm³/mol. The van der Waals surface area contributed by atoms with Gasteiger partial charge in [0.2, 0.25) is 6.04 Å². The van der Waals surface area contributed by atoms with Gasteiger partial charge in [-0.25, -0.2) is 10.0 Å². The third-order valence-corrected chi connectivity index (χ3v) is 4.32. The zero-order chi connectivity index (χ0) is 20.1. The Hall–Kier alpha value is -4.00. The molecule has 1 atom stereocenters. The fraction of sp³-hybridized carbons (Fsp3) is 0.0909. The first kappa shape index (κ1) is 18.4. The second-order valence-corrected chi connectivity index (χ2v) is 6.27. The zero-order valence-electron chi connectivity index (χ0n) is 15.8. The first-order chi connectivity index (χ1) is 14.2. The molecule has 0 radical (unpaired) electrons. The molecule has 0 aromatic heterocycles. The standard InChI is InChI=1S/C22H19N5O2/c1-29-19-14-12-17(13-15-19)24-25-20-21(23-16-8-4-2-5-9-16)26-27(22(20)28)18-10-6-3-7-11-18/h2-15,20H,1H3,(H,23,26). The van der Waals surface area contributed by atoms with Crippen LogP contribution in [0.1, 0.15) is 0 Å². The van der Waals surface area contributed by atoms with Crippen LogP contribution in [0.4, 0.5) is 17.1 Å². The van der Waals surface area contributed by atoms with Crippen LogP contribution in [-0.2, 0) is 4.79 Å². The summed E-state index contributed by atoms with van der Waals surface area (Å²) in [6.45, 7) is 0. The first-order valence-corrected chi connectivity index (χ1v) is 9.09. The van der Waals surface area contributed by atoms with Gasteiger partial charge in [0.05, 0.1) is 24.2 Å². The van der Waals surface area contributed by atoms with E-state index < -0.39 is 6.04 Å². The lowest BCUT2D eigenvalue weighted by Gasteiger charge is -2.15. The average Bonchev–Trinajstić information content (AvgIpc) is 3.09. The number of carbonyl (C=O) groups is 1. The summed E-state index contributed by atoms with van der Waals surface area (Å²) in [5.41, 5.74) is 5.12. The van der Waals surface area contributed by atoms with Crippen molar-refractivity contribution in [3.8, 4) is 5.75 Å². The number of amidine groups is 1. The number of carbonyl (C=O) groups excluding carboxylic acids is 1. The molecule has 29 heavy (non-hydrogen) atoms. The number of para-hydroxylation sites is 2. The normalized spacial score (nSPS) is 17.7. The average molecular weight is 385 g/mol. The van der Waals surface area contributed by atoms with Crippen molar-refractivity contribution < 1.29 is 9.53 Å². The molecule has 1 heterocycles. The Labute approximate surface area is 168 Å². The highest BCUT2D eigenvalue weighted by atomic mass is 16.5. The van der Waals surface area contributed by atoms with Crippen LogP contribution in [0, 0.1) is 0 Å². The molecule has 1 N–H and O–H groups in total. The zero-order valence-corrected chi connectivity index (χ0v) is 15.8. The second-order valence-electron chi connectivity index (χ2n) is 6.27. The second kappa shape index (κ2) is 8.35. The monoisotopic (exact) mass is 385 g/mol. The Bertz CT molecular complexity index is 1030.